The van der Waals surface area contributed by atoms with Crippen LogP contribution in [0.3, 0.4) is 0 Å². The normalized spacial score (nSPS) is 14.6. The number of hydrogen-bond acceptors (Lipinski definition) is 3. The van der Waals surface area contributed by atoms with Crippen LogP contribution in [0.15, 0.2) is 22.7 Å². The molecule has 0 radical (unpaired) electrons. The Morgan fingerprint density at radius 2 is 2.28 bits per heavy atom. The van der Waals surface area contributed by atoms with Crippen molar-refractivity contribution in [1.82, 2.24) is 4.90 Å². The largest absolute Gasteiger partial charge is 0.383 e. The monoisotopic (exact) mass is 307 g/mol. The fourth-order valence-electron chi connectivity index (χ4n) is 2.16. The highest BCUT2D eigenvalue weighted by Gasteiger charge is 2.27. The summed E-state index contributed by atoms with van der Waals surface area (Å²) in [6.45, 7) is 5.24. The van der Waals surface area contributed by atoms with E-state index in [0.29, 0.717) is 5.56 Å². The van der Waals surface area contributed by atoms with Crippen LogP contribution in [-0.4, -0.2) is 30.6 Å². The first-order valence-electron chi connectivity index (χ1n) is 6.42. The van der Waals surface area contributed by atoms with E-state index in [1.54, 1.807) is 0 Å². The molecule has 0 aromatic heterocycles. The van der Waals surface area contributed by atoms with E-state index < -0.39 is 0 Å². The predicted molar refractivity (Wildman–Crippen MR) is 77.6 cm³/mol. The second-order valence-electron chi connectivity index (χ2n) is 4.56. The van der Waals surface area contributed by atoms with Crippen molar-refractivity contribution in [3.63, 3.8) is 0 Å². The van der Waals surface area contributed by atoms with Crippen molar-refractivity contribution in [1.29, 1.82) is 5.26 Å². The molecule has 1 aromatic carbocycles. The molecule has 1 fully saturated rings. The molecule has 4 heteroatoms. The molecule has 0 saturated heterocycles. The Labute approximate surface area is 117 Å². The molecule has 0 atom stereocenters. The van der Waals surface area contributed by atoms with Crippen LogP contribution in [0.1, 0.15) is 25.3 Å². The van der Waals surface area contributed by atoms with Crippen LogP contribution < -0.4 is 5.32 Å². The van der Waals surface area contributed by atoms with Crippen LogP contribution in [0, 0.1) is 11.3 Å². The minimum Gasteiger partial charge on any atom is -0.383 e. The van der Waals surface area contributed by atoms with Crippen LogP contribution in [-0.2, 0) is 0 Å². The average molecular weight is 308 g/mol. The van der Waals surface area contributed by atoms with Gasteiger partial charge in [-0.15, -0.1) is 0 Å². The molecule has 0 spiro atoms. The Hall–Kier alpha value is -1.05. The SMILES string of the molecule is CCN(CCNc1cccc(Br)c1C#N)C1CC1. The number of anilines is 1. The third kappa shape index (κ3) is 3.24. The van der Waals surface area contributed by atoms with Crippen molar-refractivity contribution in [3.05, 3.63) is 28.2 Å². The third-order valence-corrected chi connectivity index (χ3v) is 3.97. The second kappa shape index (κ2) is 6.21. The van der Waals surface area contributed by atoms with Crippen molar-refractivity contribution in [2.45, 2.75) is 25.8 Å². The lowest BCUT2D eigenvalue weighted by Gasteiger charge is -2.20. The lowest BCUT2D eigenvalue weighted by Crippen LogP contribution is -2.31. The van der Waals surface area contributed by atoms with Crippen molar-refractivity contribution >= 4 is 21.6 Å². The molecular formula is C14H18BrN3. The summed E-state index contributed by atoms with van der Waals surface area (Å²) in [6, 6.07) is 8.83. The molecule has 0 amide bonds. The average Bonchev–Trinajstić information content (AvgIpc) is 3.19. The molecule has 1 aromatic rings. The molecule has 1 aliphatic rings. The molecule has 0 bridgehead atoms. The fraction of sp³-hybridized carbons (Fsp3) is 0.500. The molecule has 1 N–H and O–H groups in total. The maximum Gasteiger partial charge on any atom is 0.103 e. The van der Waals surface area contributed by atoms with Crippen LogP contribution in [0.5, 0.6) is 0 Å². The maximum absolute atomic E-state index is 9.12. The molecule has 2 rings (SSSR count). The van der Waals surface area contributed by atoms with Gasteiger partial charge in [0.15, 0.2) is 0 Å². The number of nitrogens with zero attached hydrogens (tertiary/aromatic N) is 2. The molecule has 0 unspecified atom stereocenters. The summed E-state index contributed by atoms with van der Waals surface area (Å²) in [7, 11) is 0. The van der Waals surface area contributed by atoms with Gasteiger partial charge in [-0.25, -0.2) is 0 Å². The molecule has 1 aliphatic carbocycles. The Morgan fingerprint density at radius 3 is 2.89 bits per heavy atom. The van der Waals surface area contributed by atoms with Gasteiger partial charge in [-0.05, 0) is 47.4 Å². The van der Waals surface area contributed by atoms with Gasteiger partial charge in [0.2, 0.25) is 0 Å². The summed E-state index contributed by atoms with van der Waals surface area (Å²) >= 11 is 3.40. The number of nitriles is 1. The van der Waals surface area contributed by atoms with E-state index in [1.165, 1.54) is 12.8 Å². The highest BCUT2D eigenvalue weighted by molar-refractivity contribution is 9.10. The summed E-state index contributed by atoms with van der Waals surface area (Å²) in [4.78, 5) is 2.50. The highest BCUT2D eigenvalue weighted by atomic mass is 79.9. The Balaban J connectivity index is 1.90. The smallest absolute Gasteiger partial charge is 0.103 e. The zero-order valence-electron chi connectivity index (χ0n) is 10.6. The van der Waals surface area contributed by atoms with Gasteiger partial charge in [-0.1, -0.05) is 13.0 Å². The molecule has 3 nitrogen and oxygen atoms in total. The Kier molecular flexibility index (Phi) is 4.62. The lowest BCUT2D eigenvalue weighted by molar-refractivity contribution is 0.289. The van der Waals surface area contributed by atoms with E-state index >= 15 is 0 Å². The highest BCUT2D eigenvalue weighted by Crippen LogP contribution is 2.26. The summed E-state index contributed by atoms with van der Waals surface area (Å²) in [5, 5.41) is 12.5. The summed E-state index contributed by atoms with van der Waals surface area (Å²) < 4.78 is 0.851. The minimum atomic E-state index is 0.687. The Bertz CT molecular complexity index is 449. The molecule has 0 aliphatic heterocycles. The van der Waals surface area contributed by atoms with Gasteiger partial charge in [0.05, 0.1) is 11.3 Å². The van der Waals surface area contributed by atoms with E-state index in [4.69, 9.17) is 5.26 Å². The zero-order chi connectivity index (χ0) is 13.0. The van der Waals surface area contributed by atoms with Crippen LogP contribution in [0.2, 0.25) is 0 Å². The van der Waals surface area contributed by atoms with Crippen molar-refractivity contribution < 1.29 is 0 Å². The molecule has 0 heterocycles. The van der Waals surface area contributed by atoms with Gasteiger partial charge in [-0.3, -0.25) is 4.90 Å². The molecule has 1 saturated carbocycles. The van der Waals surface area contributed by atoms with Crippen molar-refractivity contribution in [2.24, 2.45) is 0 Å². The van der Waals surface area contributed by atoms with Gasteiger partial charge in [0, 0.05) is 23.6 Å². The first-order valence-corrected chi connectivity index (χ1v) is 7.22. The van der Waals surface area contributed by atoms with Gasteiger partial charge in [0.25, 0.3) is 0 Å². The van der Waals surface area contributed by atoms with Crippen LogP contribution >= 0.6 is 15.9 Å². The quantitative estimate of drug-likeness (QED) is 0.877. The lowest BCUT2D eigenvalue weighted by atomic mass is 10.2. The van der Waals surface area contributed by atoms with E-state index in [2.05, 4.69) is 39.1 Å². The van der Waals surface area contributed by atoms with E-state index in [1.807, 2.05) is 18.2 Å². The van der Waals surface area contributed by atoms with E-state index in [0.717, 1.165) is 35.8 Å². The molecular weight excluding hydrogens is 290 g/mol. The zero-order valence-corrected chi connectivity index (χ0v) is 12.2. The second-order valence-corrected chi connectivity index (χ2v) is 5.42. The summed E-state index contributed by atoms with van der Waals surface area (Å²) in [5.74, 6) is 0. The van der Waals surface area contributed by atoms with Gasteiger partial charge in [-0.2, -0.15) is 5.26 Å². The first kappa shape index (κ1) is 13.4. The first-order chi connectivity index (χ1) is 8.76. The standard InChI is InChI=1S/C14H18BrN3/c1-2-18(11-6-7-11)9-8-17-14-5-3-4-13(15)12(14)10-16/h3-5,11,17H,2,6-9H2,1H3. The number of rotatable bonds is 6. The molecule has 96 valence electrons. The van der Waals surface area contributed by atoms with Crippen LogP contribution in [0.4, 0.5) is 5.69 Å². The van der Waals surface area contributed by atoms with E-state index in [-0.39, 0.29) is 0 Å². The number of hydrogen-bond donors (Lipinski definition) is 1. The van der Waals surface area contributed by atoms with Crippen LogP contribution in [0.25, 0.3) is 0 Å². The number of likely N-dealkylation sites (N-methyl/N-ethyl adjacent to an activating group) is 1. The van der Waals surface area contributed by atoms with Gasteiger partial charge < -0.3 is 5.32 Å². The van der Waals surface area contributed by atoms with Gasteiger partial charge in [0.1, 0.15) is 6.07 Å². The van der Waals surface area contributed by atoms with E-state index in [9.17, 15) is 0 Å². The summed E-state index contributed by atoms with van der Waals surface area (Å²) in [6.07, 6.45) is 2.68. The maximum atomic E-state index is 9.12. The minimum absolute atomic E-state index is 0.687. The molecule has 18 heavy (non-hydrogen) atoms. The third-order valence-electron chi connectivity index (χ3n) is 3.31. The van der Waals surface area contributed by atoms with Crippen molar-refractivity contribution in [2.75, 3.05) is 25.0 Å². The number of benzene rings is 1. The van der Waals surface area contributed by atoms with Gasteiger partial charge >= 0.3 is 0 Å². The predicted octanol–water partition coefficient (Wildman–Crippen LogP) is 3.22. The van der Waals surface area contributed by atoms with Crippen molar-refractivity contribution in [3.8, 4) is 6.07 Å². The topological polar surface area (TPSA) is 39.1 Å². The number of nitrogens with one attached hydrogen (secondary N) is 1. The number of halogens is 1. The fourth-order valence-corrected chi connectivity index (χ4v) is 2.61. The Morgan fingerprint density at radius 1 is 1.50 bits per heavy atom. The summed E-state index contributed by atoms with van der Waals surface area (Å²) in [5.41, 5.74) is 1.60.